The fourth-order valence-electron chi connectivity index (χ4n) is 4.20. The van der Waals surface area contributed by atoms with Crippen LogP contribution in [0.3, 0.4) is 0 Å². The number of halogens is 4. The Balaban J connectivity index is 1.55. The maximum Gasteiger partial charge on any atom is 0.416 e. The van der Waals surface area contributed by atoms with Gasteiger partial charge in [-0.2, -0.15) is 18.3 Å². The van der Waals surface area contributed by atoms with E-state index in [0.29, 0.717) is 43.4 Å². The Morgan fingerprint density at radius 2 is 1.83 bits per heavy atom. The van der Waals surface area contributed by atoms with Crippen molar-refractivity contribution >= 4 is 16.8 Å². The summed E-state index contributed by atoms with van der Waals surface area (Å²) in [5.41, 5.74) is 0.523. The zero-order chi connectivity index (χ0) is 21.5. The molecule has 2 heterocycles. The predicted molar refractivity (Wildman–Crippen MR) is 105 cm³/mol. The van der Waals surface area contributed by atoms with E-state index < -0.39 is 17.6 Å². The number of aryl methyl sites for hydroxylation is 1. The number of carbonyl (C=O) groups excluding carboxylic acids is 1. The van der Waals surface area contributed by atoms with Crippen LogP contribution in [0.2, 0.25) is 0 Å². The summed E-state index contributed by atoms with van der Waals surface area (Å²) in [6, 6.07) is 9.84. The second-order valence-electron chi connectivity index (χ2n) is 7.48. The first-order chi connectivity index (χ1) is 14.3. The van der Waals surface area contributed by atoms with E-state index in [-0.39, 0.29) is 23.1 Å². The van der Waals surface area contributed by atoms with Crippen molar-refractivity contribution in [2.24, 2.45) is 0 Å². The number of likely N-dealkylation sites (tertiary alicyclic amines) is 1. The van der Waals surface area contributed by atoms with Crippen LogP contribution in [0, 0.1) is 5.82 Å². The van der Waals surface area contributed by atoms with Gasteiger partial charge < -0.3 is 4.90 Å². The van der Waals surface area contributed by atoms with Gasteiger partial charge in [-0.15, -0.1) is 0 Å². The van der Waals surface area contributed by atoms with Gasteiger partial charge in [0.05, 0.1) is 11.1 Å². The zero-order valence-corrected chi connectivity index (χ0v) is 16.4. The van der Waals surface area contributed by atoms with Crippen LogP contribution >= 0.6 is 0 Å². The number of benzene rings is 2. The maximum atomic E-state index is 13.8. The first-order valence-electron chi connectivity index (χ1n) is 9.91. The molecule has 4 nitrogen and oxygen atoms in total. The zero-order valence-electron chi connectivity index (χ0n) is 16.4. The van der Waals surface area contributed by atoms with E-state index in [9.17, 15) is 22.4 Å². The molecule has 2 aromatic carbocycles. The van der Waals surface area contributed by atoms with Crippen molar-refractivity contribution in [1.29, 1.82) is 0 Å². The molecule has 1 aliphatic heterocycles. The SMILES string of the molecule is CCn1nc(C(=O)N2CCC(c3ccccc3C(F)(F)F)CC2)c2cc(F)ccc21. The molecule has 8 heteroatoms. The lowest BCUT2D eigenvalue weighted by Crippen LogP contribution is -2.38. The summed E-state index contributed by atoms with van der Waals surface area (Å²) in [4.78, 5) is 14.7. The molecule has 1 saturated heterocycles. The van der Waals surface area contributed by atoms with Gasteiger partial charge >= 0.3 is 6.18 Å². The molecule has 0 N–H and O–H groups in total. The minimum absolute atomic E-state index is 0.181. The Morgan fingerprint density at radius 3 is 2.50 bits per heavy atom. The number of carbonyl (C=O) groups is 1. The molecule has 30 heavy (non-hydrogen) atoms. The third-order valence-electron chi connectivity index (χ3n) is 5.70. The van der Waals surface area contributed by atoms with Crippen LogP contribution < -0.4 is 0 Å². The fourth-order valence-corrected chi connectivity index (χ4v) is 4.20. The molecule has 3 aromatic rings. The van der Waals surface area contributed by atoms with E-state index in [0.717, 1.165) is 6.07 Å². The Bertz CT molecular complexity index is 1080. The molecule has 158 valence electrons. The molecule has 0 saturated carbocycles. The Morgan fingerprint density at radius 1 is 1.13 bits per heavy atom. The van der Waals surface area contributed by atoms with Crippen LogP contribution in [0.15, 0.2) is 42.5 Å². The van der Waals surface area contributed by atoms with Gasteiger partial charge in [-0.25, -0.2) is 4.39 Å². The van der Waals surface area contributed by atoms with Crippen molar-refractivity contribution < 1.29 is 22.4 Å². The summed E-state index contributed by atoms with van der Waals surface area (Å²) in [7, 11) is 0. The molecule has 0 unspecified atom stereocenters. The highest BCUT2D eigenvalue weighted by Gasteiger charge is 2.36. The highest BCUT2D eigenvalue weighted by Crippen LogP contribution is 2.38. The first kappa shape index (κ1) is 20.4. The fraction of sp³-hybridized carbons (Fsp3) is 0.364. The molecule has 0 radical (unpaired) electrons. The van der Waals surface area contributed by atoms with Gasteiger partial charge in [-0.3, -0.25) is 9.48 Å². The van der Waals surface area contributed by atoms with Crippen LogP contribution in [-0.4, -0.2) is 33.7 Å². The first-order valence-corrected chi connectivity index (χ1v) is 9.91. The highest BCUT2D eigenvalue weighted by molar-refractivity contribution is 6.04. The topological polar surface area (TPSA) is 38.1 Å². The van der Waals surface area contributed by atoms with Gasteiger partial charge in [-0.05, 0) is 55.5 Å². The second kappa shape index (κ2) is 7.74. The van der Waals surface area contributed by atoms with Crippen molar-refractivity contribution in [2.75, 3.05) is 13.1 Å². The Kier molecular flexibility index (Phi) is 5.26. The van der Waals surface area contributed by atoms with Gasteiger partial charge in [0.25, 0.3) is 5.91 Å². The van der Waals surface area contributed by atoms with E-state index >= 15 is 0 Å². The van der Waals surface area contributed by atoms with E-state index in [2.05, 4.69) is 5.10 Å². The van der Waals surface area contributed by atoms with Crippen LogP contribution in [-0.2, 0) is 12.7 Å². The average molecular weight is 419 g/mol. The monoisotopic (exact) mass is 419 g/mol. The Hall–Kier alpha value is -2.90. The number of alkyl halides is 3. The molecule has 1 fully saturated rings. The number of fused-ring (bicyclic) bond motifs is 1. The number of hydrogen-bond donors (Lipinski definition) is 0. The number of nitrogens with zero attached hydrogens (tertiary/aromatic N) is 3. The van der Waals surface area contributed by atoms with Gasteiger partial charge in [0.1, 0.15) is 5.82 Å². The van der Waals surface area contributed by atoms with E-state index in [4.69, 9.17) is 0 Å². The van der Waals surface area contributed by atoms with Crippen LogP contribution in [0.25, 0.3) is 10.9 Å². The van der Waals surface area contributed by atoms with Crippen molar-refractivity contribution in [1.82, 2.24) is 14.7 Å². The lowest BCUT2D eigenvalue weighted by Gasteiger charge is -2.33. The molecular weight excluding hydrogens is 398 g/mol. The van der Waals surface area contributed by atoms with Crippen molar-refractivity contribution in [3.63, 3.8) is 0 Å². The maximum absolute atomic E-state index is 13.8. The third-order valence-corrected chi connectivity index (χ3v) is 5.70. The standard InChI is InChI=1S/C22H21F4N3O/c1-2-29-19-8-7-15(23)13-17(19)20(27-29)21(30)28-11-9-14(10-12-28)16-5-3-4-6-18(16)22(24,25)26/h3-8,13-14H,2,9-12H2,1H3. The predicted octanol–water partition coefficient (Wildman–Crippen LogP) is 5.23. The van der Waals surface area contributed by atoms with Crippen LogP contribution in [0.1, 0.15) is 47.3 Å². The number of aromatic nitrogens is 2. The van der Waals surface area contributed by atoms with Gasteiger partial charge in [-0.1, -0.05) is 18.2 Å². The molecule has 0 atom stereocenters. The normalized spacial score (nSPS) is 15.7. The number of hydrogen-bond acceptors (Lipinski definition) is 2. The van der Waals surface area contributed by atoms with Crippen molar-refractivity contribution in [3.05, 3.63) is 65.1 Å². The van der Waals surface area contributed by atoms with E-state index in [1.165, 1.54) is 24.3 Å². The molecule has 0 spiro atoms. The van der Waals surface area contributed by atoms with Crippen LogP contribution in [0.4, 0.5) is 17.6 Å². The minimum atomic E-state index is -4.40. The summed E-state index contributed by atoms with van der Waals surface area (Å²) in [6.07, 6.45) is -3.54. The highest BCUT2D eigenvalue weighted by atomic mass is 19.4. The number of piperidine rings is 1. The summed E-state index contributed by atoms with van der Waals surface area (Å²) in [5.74, 6) is -1.04. The quantitative estimate of drug-likeness (QED) is 0.545. The molecule has 1 amide bonds. The van der Waals surface area contributed by atoms with E-state index in [1.807, 2.05) is 6.92 Å². The molecular formula is C22H21F4N3O. The van der Waals surface area contributed by atoms with Crippen molar-refractivity contribution in [3.8, 4) is 0 Å². The van der Waals surface area contributed by atoms with Crippen LogP contribution in [0.5, 0.6) is 0 Å². The lowest BCUT2D eigenvalue weighted by molar-refractivity contribution is -0.138. The van der Waals surface area contributed by atoms with Gasteiger partial charge in [0.15, 0.2) is 5.69 Å². The summed E-state index contributed by atoms with van der Waals surface area (Å²) in [6.45, 7) is 3.07. The largest absolute Gasteiger partial charge is 0.416 e. The minimum Gasteiger partial charge on any atom is -0.337 e. The smallest absolute Gasteiger partial charge is 0.337 e. The van der Waals surface area contributed by atoms with Crippen molar-refractivity contribution in [2.45, 2.75) is 38.4 Å². The van der Waals surface area contributed by atoms with Gasteiger partial charge in [0, 0.05) is 25.0 Å². The molecule has 0 bridgehead atoms. The lowest BCUT2D eigenvalue weighted by atomic mass is 9.86. The molecule has 4 rings (SSSR count). The third kappa shape index (κ3) is 3.66. The Labute approximate surface area is 171 Å². The average Bonchev–Trinajstić information content (AvgIpc) is 3.10. The number of rotatable bonds is 3. The van der Waals surface area contributed by atoms with Gasteiger partial charge in [0.2, 0.25) is 0 Å². The molecule has 1 aliphatic rings. The summed E-state index contributed by atoms with van der Waals surface area (Å²) >= 11 is 0. The van der Waals surface area contributed by atoms with E-state index in [1.54, 1.807) is 21.7 Å². The summed E-state index contributed by atoms with van der Waals surface area (Å²) in [5, 5.41) is 4.81. The summed E-state index contributed by atoms with van der Waals surface area (Å²) < 4.78 is 55.4. The number of amides is 1. The second-order valence-corrected chi connectivity index (χ2v) is 7.48. The molecule has 1 aromatic heterocycles. The molecule has 0 aliphatic carbocycles.